The molecule has 9 atom stereocenters. The molecule has 1 aromatic heterocycles. The van der Waals surface area contributed by atoms with Gasteiger partial charge in [0.2, 0.25) is 6.29 Å². The molecular weight excluding hydrogens is 468 g/mol. The Kier molecular flexibility index (Phi) is 7.57. The summed E-state index contributed by atoms with van der Waals surface area (Å²) in [6, 6.07) is 6.01. The average molecular weight is 496 g/mol. The zero-order valence-corrected chi connectivity index (χ0v) is 18.8. The van der Waals surface area contributed by atoms with Crippen LogP contribution in [-0.4, -0.2) is 99.2 Å². The lowest BCUT2D eigenvalue weighted by molar-refractivity contribution is -0.320. The van der Waals surface area contributed by atoms with E-state index in [-0.39, 0.29) is 16.9 Å². The molecule has 4 rings (SSSR count). The highest BCUT2D eigenvalue weighted by Gasteiger charge is 2.49. The van der Waals surface area contributed by atoms with Crippen molar-refractivity contribution in [2.24, 2.45) is 0 Å². The third-order valence-corrected chi connectivity index (χ3v) is 6.14. The number of hydrogen-bond acceptors (Lipinski definition) is 12. The predicted octanol–water partition coefficient (Wildman–Crippen LogP) is -1.70. The fourth-order valence-electron chi connectivity index (χ4n) is 4.13. The lowest BCUT2D eigenvalue weighted by atomic mass is 9.96. The van der Waals surface area contributed by atoms with Crippen LogP contribution in [0.15, 0.2) is 45.6 Å². The van der Waals surface area contributed by atoms with Crippen LogP contribution in [0.3, 0.4) is 0 Å². The molecule has 12 nitrogen and oxygen atoms in total. The molecule has 35 heavy (non-hydrogen) atoms. The average Bonchev–Trinajstić information content (AvgIpc) is 2.83. The maximum Gasteiger partial charge on any atom is 0.336 e. The van der Waals surface area contributed by atoms with Gasteiger partial charge in [-0.15, -0.1) is 0 Å². The van der Waals surface area contributed by atoms with Crippen molar-refractivity contribution in [3.8, 4) is 5.75 Å². The van der Waals surface area contributed by atoms with E-state index in [2.05, 4.69) is 6.58 Å². The topological polar surface area (TPSA) is 189 Å². The van der Waals surface area contributed by atoms with Crippen molar-refractivity contribution in [2.75, 3.05) is 13.2 Å². The Bertz CT molecular complexity index is 1110. The first kappa shape index (κ1) is 25.7. The van der Waals surface area contributed by atoms with Gasteiger partial charge in [0.15, 0.2) is 6.29 Å². The fourth-order valence-corrected chi connectivity index (χ4v) is 4.13. The van der Waals surface area contributed by atoms with Gasteiger partial charge in [0.1, 0.15) is 54.1 Å². The first-order chi connectivity index (χ1) is 16.6. The molecule has 2 aromatic rings. The minimum Gasteiger partial charge on any atom is -0.462 e. The number of hydrogen-bond donors (Lipinski definition) is 6. The Hall–Kier alpha value is -2.39. The van der Waals surface area contributed by atoms with Crippen molar-refractivity contribution in [2.45, 2.75) is 62.2 Å². The largest absolute Gasteiger partial charge is 0.462 e. The second-order valence-electron chi connectivity index (χ2n) is 8.53. The third kappa shape index (κ3) is 4.98. The van der Waals surface area contributed by atoms with Crippen LogP contribution in [0, 0.1) is 6.92 Å². The van der Waals surface area contributed by atoms with Gasteiger partial charge in [-0.3, -0.25) is 0 Å². The van der Waals surface area contributed by atoms with Crippen LogP contribution >= 0.6 is 0 Å². The molecule has 3 heterocycles. The van der Waals surface area contributed by atoms with Crippen molar-refractivity contribution >= 4 is 11.0 Å². The van der Waals surface area contributed by atoms with E-state index in [0.717, 1.165) is 0 Å². The van der Waals surface area contributed by atoms with Gasteiger partial charge in [-0.05, 0) is 24.6 Å². The van der Waals surface area contributed by atoms with Crippen LogP contribution in [0.1, 0.15) is 5.56 Å². The van der Waals surface area contributed by atoms with E-state index in [9.17, 15) is 35.4 Å². The van der Waals surface area contributed by atoms with Crippen LogP contribution in [0.4, 0.5) is 0 Å². The molecule has 2 saturated heterocycles. The molecule has 0 unspecified atom stereocenters. The number of aliphatic hydroxyl groups is 6. The molecule has 0 amide bonds. The minimum atomic E-state index is -1.65. The Balaban J connectivity index is 1.50. The number of rotatable bonds is 6. The van der Waals surface area contributed by atoms with Gasteiger partial charge >= 0.3 is 5.63 Å². The highest BCUT2D eigenvalue weighted by atomic mass is 16.7. The van der Waals surface area contributed by atoms with Gasteiger partial charge in [0, 0.05) is 23.1 Å². The molecule has 6 N–H and O–H groups in total. The molecule has 2 fully saturated rings. The normalized spacial score (nSPS) is 35.9. The summed E-state index contributed by atoms with van der Waals surface area (Å²) in [6.45, 7) is 4.11. The molecule has 0 bridgehead atoms. The van der Waals surface area contributed by atoms with Crippen LogP contribution in [-0.2, 0) is 14.2 Å². The summed E-state index contributed by atoms with van der Waals surface area (Å²) in [6.07, 6.45) is -12.7. The van der Waals surface area contributed by atoms with E-state index in [4.69, 9.17) is 23.4 Å². The van der Waals surface area contributed by atoms with Crippen molar-refractivity contribution in [1.29, 1.82) is 0 Å². The van der Waals surface area contributed by atoms with Gasteiger partial charge in [-0.1, -0.05) is 6.58 Å². The second kappa shape index (κ2) is 10.3. The van der Waals surface area contributed by atoms with Crippen LogP contribution < -0.4 is 10.4 Å². The van der Waals surface area contributed by atoms with E-state index < -0.39 is 74.1 Å². The summed E-state index contributed by atoms with van der Waals surface area (Å²) in [4.78, 5) is 11.7. The number of benzene rings is 1. The smallest absolute Gasteiger partial charge is 0.336 e. The molecule has 12 heteroatoms. The van der Waals surface area contributed by atoms with Crippen LogP contribution in [0.5, 0.6) is 5.75 Å². The monoisotopic (exact) mass is 496 g/mol. The SMILES string of the molecule is C=C1[C@@H](O[C@H]2[C@H](O)[C@@H](O)[C@H](Oc3ccc4c(C)cc(=O)oc4c3)O[C@@H]2CO)O[C@H](CO)[C@@H](O)[C@@H]1O. The van der Waals surface area contributed by atoms with Crippen molar-refractivity contribution < 1.29 is 54.0 Å². The number of aryl methyl sites for hydroxylation is 1. The highest BCUT2D eigenvalue weighted by molar-refractivity contribution is 5.81. The number of ether oxygens (including phenoxy) is 4. The van der Waals surface area contributed by atoms with Crippen LogP contribution in [0.25, 0.3) is 11.0 Å². The van der Waals surface area contributed by atoms with Crippen LogP contribution in [0.2, 0.25) is 0 Å². The summed E-state index contributed by atoms with van der Waals surface area (Å²) in [5.74, 6) is 0.172. The van der Waals surface area contributed by atoms with Crippen molar-refractivity contribution in [3.05, 3.63) is 52.4 Å². The van der Waals surface area contributed by atoms with E-state index in [1.807, 2.05) is 0 Å². The Morgan fingerprint density at radius 1 is 0.971 bits per heavy atom. The summed E-state index contributed by atoms with van der Waals surface area (Å²) >= 11 is 0. The quantitative estimate of drug-likeness (QED) is 0.197. The van der Waals surface area contributed by atoms with Gasteiger partial charge in [-0.2, -0.15) is 0 Å². The Morgan fingerprint density at radius 2 is 1.69 bits per heavy atom. The van der Waals surface area contributed by atoms with E-state index in [0.29, 0.717) is 10.9 Å². The lowest BCUT2D eigenvalue weighted by Gasteiger charge is -2.45. The Labute approximate surface area is 199 Å². The molecule has 0 aliphatic carbocycles. The summed E-state index contributed by atoms with van der Waals surface area (Å²) in [7, 11) is 0. The zero-order chi connectivity index (χ0) is 25.4. The second-order valence-corrected chi connectivity index (χ2v) is 8.53. The molecule has 0 spiro atoms. The number of aliphatic hydroxyl groups excluding tert-OH is 6. The molecule has 2 aliphatic rings. The predicted molar refractivity (Wildman–Crippen MR) is 117 cm³/mol. The summed E-state index contributed by atoms with van der Waals surface area (Å²) < 4.78 is 27.5. The maximum atomic E-state index is 11.7. The first-order valence-corrected chi connectivity index (χ1v) is 10.9. The van der Waals surface area contributed by atoms with Gasteiger partial charge in [-0.25, -0.2) is 4.79 Å². The van der Waals surface area contributed by atoms with Gasteiger partial charge < -0.3 is 54.0 Å². The van der Waals surface area contributed by atoms with E-state index in [1.165, 1.54) is 12.1 Å². The molecule has 2 aliphatic heterocycles. The molecule has 192 valence electrons. The molecule has 0 saturated carbocycles. The summed E-state index contributed by atoms with van der Waals surface area (Å²) in [5, 5.41) is 61.4. The maximum absolute atomic E-state index is 11.7. The zero-order valence-electron chi connectivity index (χ0n) is 18.8. The van der Waals surface area contributed by atoms with Gasteiger partial charge in [0.25, 0.3) is 0 Å². The van der Waals surface area contributed by atoms with Crippen molar-refractivity contribution in [3.63, 3.8) is 0 Å². The van der Waals surface area contributed by atoms with E-state index >= 15 is 0 Å². The lowest BCUT2D eigenvalue weighted by Crippen LogP contribution is -2.62. The first-order valence-electron chi connectivity index (χ1n) is 10.9. The summed E-state index contributed by atoms with van der Waals surface area (Å²) in [5.41, 5.74) is 0.349. The highest BCUT2D eigenvalue weighted by Crippen LogP contribution is 2.32. The van der Waals surface area contributed by atoms with Gasteiger partial charge in [0.05, 0.1) is 13.2 Å². The molecular formula is C23H28O12. The molecule has 0 radical (unpaired) electrons. The van der Waals surface area contributed by atoms with E-state index in [1.54, 1.807) is 19.1 Å². The molecule has 1 aromatic carbocycles. The third-order valence-electron chi connectivity index (χ3n) is 6.14. The number of fused-ring (bicyclic) bond motifs is 1. The minimum absolute atomic E-state index is 0.0769. The van der Waals surface area contributed by atoms with Crippen molar-refractivity contribution in [1.82, 2.24) is 0 Å². The fraction of sp³-hybridized carbons (Fsp3) is 0.522. The standard InChI is InChI=1S/C23H28O12/c1-9-5-16(26)32-13-6-11(3-4-12(9)13)31-23-20(30)19(29)21(15(8-25)34-23)35-22-10(2)17(27)18(28)14(7-24)33-22/h3-6,14-15,17-25,27-30H,2,7-8H2,1H3/t14-,15-,17-,18-,19-,20-,21-,22-,23-/m1/s1. The Morgan fingerprint density at radius 3 is 2.37 bits per heavy atom.